The van der Waals surface area contributed by atoms with E-state index in [4.69, 9.17) is 0 Å². The van der Waals surface area contributed by atoms with Crippen LogP contribution < -0.4 is 5.32 Å². The van der Waals surface area contributed by atoms with Crippen LogP contribution in [0.2, 0.25) is 0 Å². The van der Waals surface area contributed by atoms with E-state index in [2.05, 4.69) is 15.3 Å². The molecule has 7 heteroatoms. The van der Waals surface area contributed by atoms with Crippen molar-refractivity contribution in [2.24, 2.45) is 0 Å². The number of nitrogens with zero attached hydrogens (tertiary/aromatic N) is 1. The van der Waals surface area contributed by atoms with E-state index in [9.17, 15) is 9.18 Å². The number of H-pyrrole nitrogens is 1. The molecule has 23 heavy (non-hydrogen) atoms. The number of benzene rings is 1. The number of carbonyl (C=O) groups is 1. The van der Waals surface area contributed by atoms with E-state index >= 15 is 0 Å². The molecular formula is C16H10FN3OS2. The van der Waals surface area contributed by atoms with Crippen LogP contribution in [-0.2, 0) is 0 Å². The van der Waals surface area contributed by atoms with Crippen LogP contribution in [0.15, 0.2) is 47.2 Å². The van der Waals surface area contributed by atoms with Crippen molar-refractivity contribution in [3.05, 3.63) is 58.7 Å². The van der Waals surface area contributed by atoms with Crippen LogP contribution in [0.3, 0.4) is 0 Å². The Labute approximate surface area is 138 Å². The minimum absolute atomic E-state index is 0.304. The third kappa shape index (κ3) is 2.64. The number of aromatic nitrogens is 2. The molecule has 0 aliphatic carbocycles. The van der Waals surface area contributed by atoms with Crippen molar-refractivity contribution < 1.29 is 9.18 Å². The first-order chi connectivity index (χ1) is 11.2. The largest absolute Gasteiger partial charge is 0.350 e. The maximum absolute atomic E-state index is 13.7. The summed E-state index contributed by atoms with van der Waals surface area (Å²) in [5.74, 6) is -0.695. The summed E-state index contributed by atoms with van der Waals surface area (Å²) in [6.45, 7) is 0. The summed E-state index contributed by atoms with van der Waals surface area (Å²) >= 11 is 2.95. The minimum atomic E-state index is -0.355. The number of aromatic amines is 1. The molecule has 0 fully saturated rings. The summed E-state index contributed by atoms with van der Waals surface area (Å²) in [7, 11) is 0. The normalized spacial score (nSPS) is 11.0. The lowest BCUT2D eigenvalue weighted by molar-refractivity contribution is 0.102. The summed E-state index contributed by atoms with van der Waals surface area (Å²) in [5.41, 5.74) is 1.73. The fourth-order valence-corrected chi connectivity index (χ4v) is 3.74. The number of amides is 1. The number of anilines is 1. The molecule has 0 atom stereocenters. The lowest BCUT2D eigenvalue weighted by atomic mass is 10.2. The number of fused-ring (bicyclic) bond motifs is 1. The van der Waals surface area contributed by atoms with E-state index in [1.165, 1.54) is 23.5 Å². The smallest absolute Gasteiger partial charge is 0.273 e. The van der Waals surface area contributed by atoms with Crippen molar-refractivity contribution in [1.82, 2.24) is 9.97 Å². The second kappa shape index (κ2) is 5.60. The van der Waals surface area contributed by atoms with E-state index in [1.54, 1.807) is 23.5 Å². The van der Waals surface area contributed by atoms with Gasteiger partial charge in [0.15, 0.2) is 5.13 Å². The summed E-state index contributed by atoms with van der Waals surface area (Å²) in [5, 5.41) is 7.52. The van der Waals surface area contributed by atoms with Crippen molar-refractivity contribution >= 4 is 44.6 Å². The van der Waals surface area contributed by atoms with Gasteiger partial charge in [0, 0.05) is 16.3 Å². The zero-order valence-corrected chi connectivity index (χ0v) is 13.3. The molecule has 0 aliphatic heterocycles. The molecule has 0 saturated carbocycles. The van der Waals surface area contributed by atoms with Gasteiger partial charge in [-0.3, -0.25) is 10.1 Å². The predicted octanol–water partition coefficient (Wildman–Crippen LogP) is 4.74. The van der Waals surface area contributed by atoms with Gasteiger partial charge in [-0.05, 0) is 29.6 Å². The van der Waals surface area contributed by atoms with Crippen LogP contribution >= 0.6 is 22.7 Å². The van der Waals surface area contributed by atoms with Gasteiger partial charge < -0.3 is 4.98 Å². The highest BCUT2D eigenvalue weighted by molar-refractivity contribution is 7.16. The van der Waals surface area contributed by atoms with Gasteiger partial charge in [-0.2, -0.15) is 0 Å². The maximum atomic E-state index is 13.7. The van der Waals surface area contributed by atoms with Crippen LogP contribution in [0, 0.1) is 5.82 Å². The predicted molar refractivity (Wildman–Crippen MR) is 91.6 cm³/mol. The summed E-state index contributed by atoms with van der Waals surface area (Å²) < 4.78 is 13.7. The molecule has 1 amide bonds. The van der Waals surface area contributed by atoms with E-state index < -0.39 is 0 Å². The van der Waals surface area contributed by atoms with Crippen molar-refractivity contribution in [3.8, 4) is 10.6 Å². The van der Waals surface area contributed by atoms with Crippen LogP contribution in [0.1, 0.15) is 10.5 Å². The van der Waals surface area contributed by atoms with Crippen LogP contribution in [-0.4, -0.2) is 15.9 Å². The number of thiophene rings is 1. The molecule has 4 aromatic rings. The van der Waals surface area contributed by atoms with E-state index in [-0.39, 0.29) is 11.7 Å². The minimum Gasteiger partial charge on any atom is -0.350 e. The highest BCUT2D eigenvalue weighted by Gasteiger charge is 2.14. The second-order valence-corrected chi connectivity index (χ2v) is 6.66. The summed E-state index contributed by atoms with van der Waals surface area (Å²) in [4.78, 5) is 20.7. The molecule has 4 nitrogen and oxygen atoms in total. The summed E-state index contributed by atoms with van der Waals surface area (Å²) in [6, 6.07) is 10.1. The van der Waals surface area contributed by atoms with Gasteiger partial charge in [-0.1, -0.05) is 12.1 Å². The SMILES string of the molecule is O=C(Nc1nc(-c2cccs2)cs1)c1cc2c(F)cccc2[nH]1. The summed E-state index contributed by atoms with van der Waals surface area (Å²) in [6.07, 6.45) is 0. The number of rotatable bonds is 3. The first-order valence-corrected chi connectivity index (χ1v) is 8.54. The Hall–Kier alpha value is -2.51. The molecule has 0 bridgehead atoms. The molecule has 0 spiro atoms. The number of hydrogen-bond acceptors (Lipinski definition) is 4. The third-order valence-corrected chi connectivity index (χ3v) is 5.00. The van der Waals surface area contributed by atoms with Gasteiger partial charge in [0.2, 0.25) is 0 Å². The molecular weight excluding hydrogens is 333 g/mol. The second-order valence-electron chi connectivity index (χ2n) is 4.85. The molecule has 2 N–H and O–H groups in total. The van der Waals surface area contributed by atoms with Crippen LogP contribution in [0.25, 0.3) is 21.5 Å². The Balaban J connectivity index is 1.58. The molecule has 0 radical (unpaired) electrons. The zero-order chi connectivity index (χ0) is 15.8. The lowest BCUT2D eigenvalue weighted by Crippen LogP contribution is -2.11. The topological polar surface area (TPSA) is 57.8 Å². The van der Waals surface area contributed by atoms with Gasteiger partial charge in [-0.25, -0.2) is 9.37 Å². The van der Waals surface area contributed by atoms with Crippen molar-refractivity contribution in [2.45, 2.75) is 0 Å². The molecule has 0 aliphatic rings. The van der Waals surface area contributed by atoms with Gasteiger partial charge in [-0.15, -0.1) is 22.7 Å². The Morgan fingerprint density at radius 2 is 2.13 bits per heavy atom. The molecule has 1 aromatic carbocycles. The first-order valence-electron chi connectivity index (χ1n) is 6.79. The maximum Gasteiger partial charge on any atom is 0.273 e. The quantitative estimate of drug-likeness (QED) is 0.564. The number of thiazole rings is 1. The first kappa shape index (κ1) is 14.1. The average molecular weight is 343 g/mol. The van der Waals surface area contributed by atoms with Gasteiger partial charge in [0.05, 0.1) is 10.6 Å². The van der Waals surface area contributed by atoms with Gasteiger partial charge in [0.1, 0.15) is 11.5 Å². The van der Waals surface area contributed by atoms with E-state index in [0.717, 1.165) is 10.6 Å². The highest BCUT2D eigenvalue weighted by Crippen LogP contribution is 2.28. The van der Waals surface area contributed by atoms with Crippen molar-refractivity contribution in [3.63, 3.8) is 0 Å². The van der Waals surface area contributed by atoms with E-state index in [1.807, 2.05) is 22.9 Å². The molecule has 114 valence electrons. The van der Waals surface area contributed by atoms with Gasteiger partial charge in [0.25, 0.3) is 5.91 Å². The molecule has 4 rings (SSSR count). The van der Waals surface area contributed by atoms with Crippen LogP contribution in [0.5, 0.6) is 0 Å². The number of hydrogen-bond donors (Lipinski definition) is 2. The Bertz CT molecular complexity index is 988. The fraction of sp³-hybridized carbons (Fsp3) is 0. The Kier molecular flexibility index (Phi) is 3.44. The van der Waals surface area contributed by atoms with Crippen LogP contribution in [0.4, 0.5) is 9.52 Å². The molecule has 3 aromatic heterocycles. The van der Waals surface area contributed by atoms with E-state index in [0.29, 0.717) is 21.7 Å². The zero-order valence-electron chi connectivity index (χ0n) is 11.7. The van der Waals surface area contributed by atoms with Crippen molar-refractivity contribution in [1.29, 1.82) is 0 Å². The monoisotopic (exact) mass is 343 g/mol. The molecule has 3 heterocycles. The average Bonchev–Trinajstić information content (AvgIpc) is 3.27. The lowest BCUT2D eigenvalue weighted by Gasteiger charge is -1.98. The number of carbonyl (C=O) groups excluding carboxylic acids is 1. The standard InChI is InChI=1S/C16H10FN3OS2/c17-10-3-1-4-11-9(10)7-12(18-11)15(21)20-16-19-13(8-23-16)14-5-2-6-22-14/h1-8,18H,(H,19,20,21). The highest BCUT2D eigenvalue weighted by atomic mass is 32.1. The number of halogens is 1. The molecule has 0 saturated heterocycles. The fourth-order valence-electron chi connectivity index (χ4n) is 2.27. The molecule has 0 unspecified atom stereocenters. The Morgan fingerprint density at radius 3 is 2.91 bits per heavy atom. The van der Waals surface area contributed by atoms with Gasteiger partial charge >= 0.3 is 0 Å². The Morgan fingerprint density at radius 1 is 1.22 bits per heavy atom. The van der Waals surface area contributed by atoms with Crippen molar-refractivity contribution in [2.75, 3.05) is 5.32 Å². The number of nitrogens with one attached hydrogen (secondary N) is 2. The third-order valence-electron chi connectivity index (χ3n) is 3.35.